The molecule has 0 spiro atoms. The van der Waals surface area contributed by atoms with Gasteiger partial charge in [-0.1, -0.05) is 59.5 Å². The minimum atomic E-state index is -0.746. The van der Waals surface area contributed by atoms with Gasteiger partial charge >= 0.3 is 4.87 Å². The zero-order chi connectivity index (χ0) is 26.4. The number of carbonyl (C=O) groups excluding carboxylic acids is 3. The van der Waals surface area contributed by atoms with Crippen LogP contribution in [0.15, 0.2) is 64.4 Å². The molecule has 2 aromatic carbocycles. The molecule has 0 aliphatic carbocycles. The standard InChI is InChI=1S/C27H25N3O6S2/c1-35-18-10-6-5-9-17(18)20-21-22(25(33)30(24(21)32)16-7-3-2-4-8-16)37-26-23(20)38-27(34)29(26)15-19(31)28-11-13-36-14-12-28/h2-10,20-22H,11-15H2,1H3/t20-,21?,22?/m1/s1. The largest absolute Gasteiger partial charge is 0.496 e. The summed E-state index contributed by atoms with van der Waals surface area (Å²) >= 11 is 2.24. The van der Waals surface area contributed by atoms with Crippen LogP contribution in [0, 0.1) is 5.92 Å². The number of morpholine rings is 1. The molecule has 4 heterocycles. The lowest BCUT2D eigenvalue weighted by atomic mass is 9.82. The Kier molecular flexibility index (Phi) is 6.58. The van der Waals surface area contributed by atoms with Crippen molar-refractivity contribution in [1.29, 1.82) is 0 Å². The summed E-state index contributed by atoms with van der Waals surface area (Å²) in [5, 5.41) is -0.182. The molecule has 196 valence electrons. The Balaban J connectivity index is 1.46. The molecule has 1 aromatic heterocycles. The first kappa shape index (κ1) is 24.9. The van der Waals surface area contributed by atoms with Gasteiger partial charge in [-0.25, -0.2) is 4.90 Å². The van der Waals surface area contributed by atoms with E-state index in [9.17, 15) is 19.2 Å². The topological polar surface area (TPSA) is 98.2 Å². The van der Waals surface area contributed by atoms with E-state index in [1.54, 1.807) is 36.3 Å². The summed E-state index contributed by atoms with van der Waals surface area (Å²) in [6, 6.07) is 16.3. The number of methoxy groups -OCH3 is 1. The highest BCUT2D eigenvalue weighted by atomic mass is 32.2. The molecule has 0 radical (unpaired) electrons. The van der Waals surface area contributed by atoms with Crippen LogP contribution in [-0.2, 0) is 25.7 Å². The molecule has 0 bridgehead atoms. The zero-order valence-corrected chi connectivity index (χ0v) is 22.2. The first-order valence-corrected chi connectivity index (χ1v) is 14.0. The average molecular weight is 552 g/mol. The normalized spacial score (nSPS) is 22.8. The fourth-order valence-corrected chi connectivity index (χ4v) is 8.16. The second-order valence-corrected chi connectivity index (χ2v) is 11.4. The molecule has 2 fully saturated rings. The maximum absolute atomic E-state index is 13.9. The summed E-state index contributed by atoms with van der Waals surface area (Å²) in [6.45, 7) is 1.74. The smallest absolute Gasteiger partial charge is 0.308 e. The van der Waals surface area contributed by atoms with Crippen LogP contribution in [0.4, 0.5) is 5.69 Å². The fraction of sp³-hybridized carbons (Fsp3) is 0.333. The number of aromatic nitrogens is 1. The van der Waals surface area contributed by atoms with Crippen LogP contribution in [0.1, 0.15) is 16.4 Å². The van der Waals surface area contributed by atoms with Crippen LogP contribution in [0.25, 0.3) is 0 Å². The SMILES string of the molecule is COc1ccccc1[C@H]1c2sc(=O)n(CC(=O)N3CCOCC3)c2SC2C(=O)N(c3ccccc3)C(=O)C21. The van der Waals surface area contributed by atoms with Crippen molar-refractivity contribution in [2.75, 3.05) is 38.3 Å². The molecule has 3 amide bonds. The molecule has 0 N–H and O–H groups in total. The number of benzene rings is 2. The zero-order valence-electron chi connectivity index (χ0n) is 20.6. The number of rotatable bonds is 5. The maximum Gasteiger partial charge on any atom is 0.308 e. The van der Waals surface area contributed by atoms with Gasteiger partial charge in [0, 0.05) is 29.4 Å². The predicted molar refractivity (Wildman–Crippen MR) is 143 cm³/mol. The quantitative estimate of drug-likeness (QED) is 0.450. The van der Waals surface area contributed by atoms with Crippen LogP contribution >= 0.6 is 23.1 Å². The third-order valence-electron chi connectivity index (χ3n) is 7.19. The van der Waals surface area contributed by atoms with Gasteiger partial charge in [-0.15, -0.1) is 0 Å². The molecule has 2 saturated heterocycles. The highest BCUT2D eigenvalue weighted by molar-refractivity contribution is 8.00. The van der Waals surface area contributed by atoms with Gasteiger partial charge in [0.15, 0.2) is 0 Å². The summed E-state index contributed by atoms with van der Waals surface area (Å²) in [5.74, 6) is -1.53. The second kappa shape index (κ2) is 10.0. The van der Waals surface area contributed by atoms with Crippen molar-refractivity contribution in [2.45, 2.75) is 22.7 Å². The summed E-state index contributed by atoms with van der Waals surface area (Å²) in [5.41, 5.74) is 1.25. The molecule has 3 atom stereocenters. The molecule has 0 saturated carbocycles. The van der Waals surface area contributed by atoms with E-state index >= 15 is 0 Å². The number of imide groups is 1. The Labute approximate surface area is 226 Å². The summed E-state index contributed by atoms with van der Waals surface area (Å²) in [6.07, 6.45) is 0. The number of ether oxygens (including phenoxy) is 2. The number of fused-ring (bicyclic) bond motifs is 2. The van der Waals surface area contributed by atoms with E-state index in [1.807, 2.05) is 30.3 Å². The van der Waals surface area contributed by atoms with Crippen molar-refractivity contribution in [2.24, 2.45) is 5.92 Å². The molecule has 3 aromatic rings. The average Bonchev–Trinajstić information content (AvgIpc) is 3.40. The Morgan fingerprint density at radius 1 is 1.00 bits per heavy atom. The van der Waals surface area contributed by atoms with Gasteiger partial charge in [0.2, 0.25) is 17.7 Å². The van der Waals surface area contributed by atoms with E-state index in [-0.39, 0.29) is 29.1 Å². The molecule has 11 heteroatoms. The number of thiazole rings is 1. The van der Waals surface area contributed by atoms with Gasteiger partial charge < -0.3 is 14.4 Å². The van der Waals surface area contributed by atoms with Crippen molar-refractivity contribution >= 4 is 46.5 Å². The lowest BCUT2D eigenvalue weighted by Crippen LogP contribution is -2.43. The van der Waals surface area contributed by atoms with Crippen molar-refractivity contribution in [3.8, 4) is 5.75 Å². The van der Waals surface area contributed by atoms with Gasteiger partial charge in [-0.05, 0) is 18.2 Å². The minimum Gasteiger partial charge on any atom is -0.496 e. The number of thioether (sulfide) groups is 1. The first-order valence-electron chi connectivity index (χ1n) is 12.3. The third kappa shape index (κ3) is 4.05. The number of nitrogens with zero attached hydrogens (tertiary/aromatic N) is 3. The van der Waals surface area contributed by atoms with Crippen molar-refractivity contribution in [3.05, 3.63) is 74.7 Å². The molecule has 3 aliphatic heterocycles. The summed E-state index contributed by atoms with van der Waals surface area (Å²) in [7, 11) is 1.56. The molecular weight excluding hydrogens is 526 g/mol. The van der Waals surface area contributed by atoms with Crippen molar-refractivity contribution in [3.63, 3.8) is 0 Å². The monoisotopic (exact) mass is 551 g/mol. The number of hydrogen-bond acceptors (Lipinski definition) is 8. The van der Waals surface area contributed by atoms with E-state index in [2.05, 4.69) is 0 Å². The fourth-order valence-electron chi connectivity index (χ4n) is 5.39. The van der Waals surface area contributed by atoms with Gasteiger partial charge in [0.05, 0.1) is 37.0 Å². The van der Waals surface area contributed by atoms with E-state index in [0.717, 1.165) is 16.9 Å². The van der Waals surface area contributed by atoms with Gasteiger partial charge in [0.25, 0.3) is 0 Å². The highest BCUT2D eigenvalue weighted by Crippen LogP contribution is 2.55. The van der Waals surface area contributed by atoms with Crippen molar-refractivity contribution in [1.82, 2.24) is 9.47 Å². The van der Waals surface area contributed by atoms with E-state index in [4.69, 9.17) is 9.47 Å². The number of para-hydroxylation sites is 2. The van der Waals surface area contributed by atoms with Gasteiger partial charge in [-0.3, -0.25) is 23.7 Å². The molecule has 6 rings (SSSR count). The van der Waals surface area contributed by atoms with Crippen LogP contribution in [0.3, 0.4) is 0 Å². The van der Waals surface area contributed by atoms with Crippen LogP contribution in [0.5, 0.6) is 5.75 Å². The number of hydrogen-bond donors (Lipinski definition) is 0. The summed E-state index contributed by atoms with van der Waals surface area (Å²) < 4.78 is 12.5. The van der Waals surface area contributed by atoms with E-state index in [1.165, 1.54) is 21.2 Å². The highest BCUT2D eigenvalue weighted by Gasteiger charge is 2.57. The maximum atomic E-state index is 13.9. The third-order valence-corrected chi connectivity index (χ3v) is 9.80. The van der Waals surface area contributed by atoms with E-state index < -0.39 is 17.1 Å². The van der Waals surface area contributed by atoms with Gasteiger partial charge in [0.1, 0.15) is 17.5 Å². The number of carbonyl (C=O) groups is 3. The Morgan fingerprint density at radius 3 is 2.45 bits per heavy atom. The second-order valence-electron chi connectivity index (χ2n) is 9.25. The molecule has 38 heavy (non-hydrogen) atoms. The Morgan fingerprint density at radius 2 is 1.71 bits per heavy atom. The van der Waals surface area contributed by atoms with Crippen LogP contribution in [0.2, 0.25) is 0 Å². The molecule has 2 unspecified atom stereocenters. The summed E-state index contributed by atoms with van der Waals surface area (Å²) in [4.78, 5) is 57.4. The molecule has 3 aliphatic rings. The predicted octanol–water partition coefficient (Wildman–Crippen LogP) is 2.57. The lowest BCUT2D eigenvalue weighted by Gasteiger charge is -2.32. The van der Waals surface area contributed by atoms with Crippen LogP contribution < -0.4 is 14.5 Å². The first-order chi connectivity index (χ1) is 18.5. The Hall–Kier alpha value is -3.41. The lowest BCUT2D eigenvalue weighted by molar-refractivity contribution is -0.136. The number of anilines is 1. The minimum absolute atomic E-state index is 0.127. The van der Waals surface area contributed by atoms with E-state index in [0.29, 0.717) is 47.6 Å². The van der Waals surface area contributed by atoms with Crippen LogP contribution in [-0.4, -0.2) is 65.9 Å². The Bertz CT molecular complexity index is 1460. The molecule has 9 nitrogen and oxygen atoms in total. The number of amides is 3. The van der Waals surface area contributed by atoms with Crippen molar-refractivity contribution < 1.29 is 23.9 Å². The van der Waals surface area contributed by atoms with Gasteiger partial charge in [-0.2, -0.15) is 0 Å². The molecular formula is C27H25N3O6S2.